The lowest BCUT2D eigenvalue weighted by molar-refractivity contribution is 0.224. The molecule has 2 aromatic rings. The van der Waals surface area contributed by atoms with Crippen LogP contribution in [0.2, 0.25) is 0 Å². The fourth-order valence-corrected chi connectivity index (χ4v) is 3.34. The zero-order valence-electron chi connectivity index (χ0n) is 16.2. The van der Waals surface area contributed by atoms with Crippen LogP contribution in [0.1, 0.15) is 6.42 Å². The molecule has 0 bridgehead atoms. The molecule has 146 valence electrons. The van der Waals surface area contributed by atoms with E-state index in [4.69, 9.17) is 19.9 Å². The number of rotatable bonds is 8. The maximum atomic E-state index is 5.96. The number of ether oxygens (including phenoxy) is 3. The molecule has 1 saturated heterocycles. The van der Waals surface area contributed by atoms with Crippen LogP contribution in [-0.2, 0) is 0 Å². The SMILES string of the molecule is COc1ccc(N)c(OCCCN2CCN(c3ccccc3OC)CC2)c1. The largest absolute Gasteiger partial charge is 0.497 e. The average Bonchev–Trinajstić information content (AvgIpc) is 2.73. The normalized spacial score (nSPS) is 14.8. The molecular formula is C21H29N3O3. The molecule has 2 aromatic carbocycles. The highest BCUT2D eigenvalue weighted by atomic mass is 16.5. The first kappa shape index (κ1) is 19.2. The van der Waals surface area contributed by atoms with Gasteiger partial charge in [0.25, 0.3) is 0 Å². The van der Waals surface area contributed by atoms with E-state index in [2.05, 4.69) is 21.9 Å². The van der Waals surface area contributed by atoms with E-state index >= 15 is 0 Å². The van der Waals surface area contributed by atoms with Gasteiger partial charge in [0, 0.05) is 38.8 Å². The summed E-state index contributed by atoms with van der Waals surface area (Å²) in [4.78, 5) is 4.87. The van der Waals surface area contributed by atoms with E-state index in [1.54, 1.807) is 14.2 Å². The molecule has 0 spiro atoms. The molecule has 1 fully saturated rings. The minimum atomic E-state index is 0.640. The number of benzene rings is 2. The number of nitrogen functional groups attached to an aromatic ring is 1. The molecular weight excluding hydrogens is 342 g/mol. The van der Waals surface area contributed by atoms with Crippen LogP contribution < -0.4 is 24.8 Å². The first-order valence-corrected chi connectivity index (χ1v) is 9.38. The van der Waals surface area contributed by atoms with Crippen molar-refractivity contribution in [2.24, 2.45) is 0 Å². The molecule has 1 aliphatic rings. The van der Waals surface area contributed by atoms with Crippen LogP contribution in [0.4, 0.5) is 11.4 Å². The van der Waals surface area contributed by atoms with E-state index < -0.39 is 0 Å². The molecule has 2 N–H and O–H groups in total. The Labute approximate surface area is 161 Å². The molecule has 0 unspecified atom stereocenters. The number of piperazine rings is 1. The number of para-hydroxylation sites is 2. The number of methoxy groups -OCH3 is 2. The summed E-state index contributed by atoms with van der Waals surface area (Å²) >= 11 is 0. The highest BCUT2D eigenvalue weighted by Gasteiger charge is 2.19. The monoisotopic (exact) mass is 371 g/mol. The molecule has 1 heterocycles. The van der Waals surface area contributed by atoms with Crippen molar-refractivity contribution in [3.05, 3.63) is 42.5 Å². The van der Waals surface area contributed by atoms with Crippen molar-refractivity contribution in [1.29, 1.82) is 0 Å². The molecule has 0 saturated carbocycles. The molecule has 3 rings (SSSR count). The van der Waals surface area contributed by atoms with Gasteiger partial charge in [-0.25, -0.2) is 0 Å². The fourth-order valence-electron chi connectivity index (χ4n) is 3.34. The van der Waals surface area contributed by atoms with Gasteiger partial charge in [0.15, 0.2) is 0 Å². The first-order chi connectivity index (χ1) is 13.2. The second-order valence-electron chi connectivity index (χ2n) is 6.61. The molecule has 27 heavy (non-hydrogen) atoms. The van der Waals surface area contributed by atoms with Crippen LogP contribution in [0.3, 0.4) is 0 Å². The van der Waals surface area contributed by atoms with Crippen LogP contribution >= 0.6 is 0 Å². The van der Waals surface area contributed by atoms with E-state index in [9.17, 15) is 0 Å². The number of anilines is 2. The Morgan fingerprint density at radius 3 is 2.44 bits per heavy atom. The predicted octanol–water partition coefficient (Wildman–Crippen LogP) is 2.88. The van der Waals surface area contributed by atoms with E-state index in [0.717, 1.165) is 50.6 Å². The Hall–Kier alpha value is -2.60. The van der Waals surface area contributed by atoms with Crippen molar-refractivity contribution < 1.29 is 14.2 Å². The minimum absolute atomic E-state index is 0.640. The summed E-state index contributed by atoms with van der Waals surface area (Å²) in [6.45, 7) is 5.75. The van der Waals surface area contributed by atoms with Gasteiger partial charge in [0.05, 0.1) is 32.2 Å². The summed E-state index contributed by atoms with van der Waals surface area (Å²) in [5.74, 6) is 2.39. The topological polar surface area (TPSA) is 60.2 Å². The molecule has 0 radical (unpaired) electrons. The Kier molecular flexibility index (Phi) is 6.65. The molecule has 0 atom stereocenters. The average molecular weight is 371 g/mol. The quantitative estimate of drug-likeness (QED) is 0.569. The fraction of sp³-hybridized carbons (Fsp3) is 0.429. The maximum absolute atomic E-state index is 5.96. The Morgan fingerprint density at radius 2 is 1.70 bits per heavy atom. The van der Waals surface area contributed by atoms with Crippen LogP contribution in [0.5, 0.6) is 17.2 Å². The van der Waals surface area contributed by atoms with Gasteiger partial charge in [0.2, 0.25) is 0 Å². The van der Waals surface area contributed by atoms with Crippen molar-refractivity contribution in [2.45, 2.75) is 6.42 Å². The summed E-state index contributed by atoms with van der Waals surface area (Å²) in [5, 5.41) is 0. The molecule has 1 aliphatic heterocycles. The third-order valence-electron chi connectivity index (χ3n) is 4.90. The van der Waals surface area contributed by atoms with E-state index in [1.165, 1.54) is 5.69 Å². The maximum Gasteiger partial charge on any atom is 0.145 e. The highest BCUT2D eigenvalue weighted by Crippen LogP contribution is 2.29. The van der Waals surface area contributed by atoms with Crippen LogP contribution in [0.25, 0.3) is 0 Å². The van der Waals surface area contributed by atoms with Crippen molar-refractivity contribution in [1.82, 2.24) is 4.90 Å². The second-order valence-corrected chi connectivity index (χ2v) is 6.61. The van der Waals surface area contributed by atoms with Crippen LogP contribution in [0.15, 0.2) is 42.5 Å². The third kappa shape index (κ3) is 4.98. The molecule has 0 amide bonds. The van der Waals surface area contributed by atoms with Crippen molar-refractivity contribution >= 4 is 11.4 Å². The molecule has 0 aliphatic carbocycles. The lowest BCUT2D eigenvalue weighted by Gasteiger charge is -2.36. The summed E-state index contributed by atoms with van der Waals surface area (Å²) in [5.41, 5.74) is 7.77. The predicted molar refractivity (Wildman–Crippen MR) is 109 cm³/mol. The first-order valence-electron chi connectivity index (χ1n) is 9.38. The number of hydrogen-bond donors (Lipinski definition) is 1. The van der Waals surface area contributed by atoms with Gasteiger partial charge < -0.3 is 24.8 Å². The van der Waals surface area contributed by atoms with Crippen LogP contribution in [-0.4, -0.2) is 58.5 Å². The van der Waals surface area contributed by atoms with Gasteiger partial charge in [-0.3, -0.25) is 4.90 Å². The van der Waals surface area contributed by atoms with Gasteiger partial charge in [-0.1, -0.05) is 12.1 Å². The van der Waals surface area contributed by atoms with Gasteiger partial charge >= 0.3 is 0 Å². The minimum Gasteiger partial charge on any atom is -0.497 e. The Balaban J connectivity index is 1.41. The van der Waals surface area contributed by atoms with Gasteiger partial charge in [0.1, 0.15) is 17.2 Å². The zero-order valence-corrected chi connectivity index (χ0v) is 16.2. The van der Waals surface area contributed by atoms with E-state index in [-0.39, 0.29) is 0 Å². The standard InChI is InChI=1S/C21H29N3O3/c1-25-17-8-9-18(22)21(16-17)27-15-5-10-23-11-13-24(14-12-23)19-6-3-4-7-20(19)26-2/h3-4,6-9,16H,5,10-15,22H2,1-2H3. The lowest BCUT2D eigenvalue weighted by atomic mass is 10.2. The van der Waals surface area contributed by atoms with E-state index in [1.807, 2.05) is 30.3 Å². The summed E-state index contributed by atoms with van der Waals surface area (Å²) < 4.78 is 16.5. The third-order valence-corrected chi connectivity index (χ3v) is 4.90. The van der Waals surface area contributed by atoms with Crippen molar-refractivity contribution in [2.75, 3.05) is 64.2 Å². The number of nitrogens with two attached hydrogens (primary N) is 1. The Bertz CT molecular complexity index is 730. The second kappa shape index (κ2) is 9.37. The number of nitrogens with zero attached hydrogens (tertiary/aromatic N) is 2. The Morgan fingerprint density at radius 1 is 0.926 bits per heavy atom. The molecule has 0 aromatic heterocycles. The van der Waals surface area contributed by atoms with Crippen LogP contribution in [0, 0.1) is 0 Å². The summed E-state index contributed by atoms with van der Waals surface area (Å²) in [7, 11) is 3.37. The number of hydrogen-bond acceptors (Lipinski definition) is 6. The molecule has 6 nitrogen and oxygen atoms in total. The van der Waals surface area contributed by atoms with E-state index in [0.29, 0.717) is 18.0 Å². The highest BCUT2D eigenvalue weighted by molar-refractivity contribution is 5.58. The zero-order chi connectivity index (χ0) is 19.1. The summed E-state index contributed by atoms with van der Waals surface area (Å²) in [6.07, 6.45) is 0.964. The smallest absolute Gasteiger partial charge is 0.145 e. The lowest BCUT2D eigenvalue weighted by Crippen LogP contribution is -2.46. The molecule has 6 heteroatoms. The van der Waals surface area contributed by atoms with Crippen molar-refractivity contribution in [3.8, 4) is 17.2 Å². The van der Waals surface area contributed by atoms with Gasteiger partial charge in [-0.2, -0.15) is 0 Å². The van der Waals surface area contributed by atoms with Gasteiger partial charge in [-0.05, 0) is 30.7 Å². The van der Waals surface area contributed by atoms with Gasteiger partial charge in [-0.15, -0.1) is 0 Å². The summed E-state index contributed by atoms with van der Waals surface area (Å²) in [6, 6.07) is 13.7. The van der Waals surface area contributed by atoms with Crippen molar-refractivity contribution in [3.63, 3.8) is 0 Å².